The van der Waals surface area contributed by atoms with Gasteiger partial charge in [-0.2, -0.15) is 0 Å². The zero-order valence-corrected chi connectivity index (χ0v) is 13.9. The summed E-state index contributed by atoms with van der Waals surface area (Å²) in [6.07, 6.45) is 2.16. The van der Waals surface area contributed by atoms with E-state index in [2.05, 4.69) is 68.9 Å². The number of hydrogen-bond donors (Lipinski definition) is 1. The van der Waals surface area contributed by atoms with E-state index in [1.165, 1.54) is 16.1 Å². The molecule has 0 saturated heterocycles. The second-order valence-electron chi connectivity index (χ2n) is 4.87. The summed E-state index contributed by atoms with van der Waals surface area (Å²) in [7, 11) is 0. The summed E-state index contributed by atoms with van der Waals surface area (Å²) in [5.41, 5.74) is 3.64. The molecule has 1 aromatic carbocycles. The van der Waals surface area contributed by atoms with E-state index in [-0.39, 0.29) is 0 Å². The van der Waals surface area contributed by atoms with Crippen molar-refractivity contribution >= 4 is 32.2 Å². The largest absolute Gasteiger partial charge is 0.307 e. The Morgan fingerprint density at radius 3 is 2.95 bits per heavy atom. The quantitative estimate of drug-likeness (QED) is 0.769. The smallest absolute Gasteiger partial charge is 0.194 e. The summed E-state index contributed by atoms with van der Waals surface area (Å²) < 4.78 is 3.32. The fraction of sp³-hybridized carbons (Fsp3) is 0.267. The molecule has 0 amide bonds. The molecule has 0 spiro atoms. The minimum atomic E-state index is 0.829. The average molecular weight is 350 g/mol. The molecule has 3 nitrogen and oxygen atoms in total. The summed E-state index contributed by atoms with van der Waals surface area (Å²) in [5, 5.41) is 3.50. The molecule has 0 unspecified atom stereocenters. The minimum Gasteiger partial charge on any atom is -0.307 e. The third kappa shape index (κ3) is 2.80. The average Bonchev–Trinajstić information content (AvgIpc) is 2.87. The van der Waals surface area contributed by atoms with Crippen LogP contribution in [0.3, 0.4) is 0 Å². The van der Waals surface area contributed by atoms with E-state index in [4.69, 9.17) is 0 Å². The van der Waals surface area contributed by atoms with E-state index in [9.17, 15) is 0 Å². The molecular formula is C15H16BrN3S. The molecule has 0 aliphatic carbocycles. The van der Waals surface area contributed by atoms with Crippen LogP contribution in [0.2, 0.25) is 0 Å². The maximum Gasteiger partial charge on any atom is 0.194 e. The zero-order chi connectivity index (χ0) is 14.1. The molecule has 0 saturated carbocycles. The number of halogens is 1. The Balaban J connectivity index is 1.72. The van der Waals surface area contributed by atoms with Gasteiger partial charge in [-0.25, -0.2) is 4.98 Å². The molecular weight excluding hydrogens is 334 g/mol. The molecule has 0 bridgehead atoms. The van der Waals surface area contributed by atoms with E-state index in [1.54, 1.807) is 11.3 Å². The normalized spacial score (nSPS) is 11.3. The Morgan fingerprint density at radius 1 is 1.30 bits per heavy atom. The van der Waals surface area contributed by atoms with Crippen molar-refractivity contribution in [1.29, 1.82) is 0 Å². The van der Waals surface area contributed by atoms with Gasteiger partial charge in [-0.05, 0) is 31.5 Å². The van der Waals surface area contributed by atoms with Crippen molar-refractivity contribution in [3.63, 3.8) is 0 Å². The lowest BCUT2D eigenvalue weighted by Gasteiger charge is -2.06. The van der Waals surface area contributed by atoms with Gasteiger partial charge in [0.2, 0.25) is 0 Å². The number of imidazole rings is 1. The van der Waals surface area contributed by atoms with Crippen molar-refractivity contribution in [2.75, 3.05) is 0 Å². The van der Waals surface area contributed by atoms with E-state index < -0.39 is 0 Å². The van der Waals surface area contributed by atoms with Crippen LogP contribution in [0.5, 0.6) is 0 Å². The maximum absolute atomic E-state index is 4.61. The van der Waals surface area contributed by atoms with Crippen molar-refractivity contribution in [3.05, 3.63) is 56.8 Å². The number of fused-ring (bicyclic) bond motifs is 1. The number of rotatable bonds is 4. The number of nitrogens with one attached hydrogen (secondary N) is 1. The molecule has 104 valence electrons. The van der Waals surface area contributed by atoms with Crippen molar-refractivity contribution in [1.82, 2.24) is 14.7 Å². The third-order valence-corrected chi connectivity index (χ3v) is 4.64. The number of hydrogen-bond acceptors (Lipinski definition) is 3. The van der Waals surface area contributed by atoms with Crippen molar-refractivity contribution < 1.29 is 0 Å². The predicted molar refractivity (Wildman–Crippen MR) is 87.2 cm³/mol. The summed E-state index contributed by atoms with van der Waals surface area (Å²) in [6, 6.07) is 8.37. The van der Waals surface area contributed by atoms with Crippen molar-refractivity contribution in [3.8, 4) is 0 Å². The number of aromatic nitrogens is 2. The fourth-order valence-corrected chi connectivity index (χ4v) is 3.63. The van der Waals surface area contributed by atoms with Gasteiger partial charge in [-0.15, -0.1) is 11.3 Å². The molecule has 3 aromatic rings. The molecule has 0 aliphatic heterocycles. The minimum absolute atomic E-state index is 0.829. The van der Waals surface area contributed by atoms with Gasteiger partial charge in [0.1, 0.15) is 0 Å². The number of thiazole rings is 1. The second kappa shape index (κ2) is 5.68. The first kappa shape index (κ1) is 13.8. The Bertz CT molecular complexity index is 745. The van der Waals surface area contributed by atoms with Crippen LogP contribution in [0.15, 0.2) is 34.9 Å². The number of benzene rings is 1. The highest BCUT2D eigenvalue weighted by atomic mass is 79.9. The topological polar surface area (TPSA) is 29.3 Å². The summed E-state index contributed by atoms with van der Waals surface area (Å²) in [6.45, 7) is 5.88. The van der Waals surface area contributed by atoms with E-state index in [0.29, 0.717) is 0 Å². The molecule has 5 heteroatoms. The SMILES string of the molecule is Cc1cn2c(CNCc3cccc(Br)c3)c(C)nc2s1. The Labute approximate surface area is 130 Å². The third-order valence-electron chi connectivity index (χ3n) is 3.25. The van der Waals surface area contributed by atoms with Crippen LogP contribution in [-0.4, -0.2) is 9.38 Å². The van der Waals surface area contributed by atoms with Crippen LogP contribution >= 0.6 is 27.3 Å². The van der Waals surface area contributed by atoms with Crippen molar-refractivity contribution in [2.24, 2.45) is 0 Å². The van der Waals surface area contributed by atoms with Crippen LogP contribution < -0.4 is 5.32 Å². The molecule has 3 rings (SSSR count). The van der Waals surface area contributed by atoms with E-state index in [1.807, 2.05) is 6.07 Å². The van der Waals surface area contributed by atoms with Gasteiger partial charge in [-0.3, -0.25) is 4.40 Å². The molecule has 1 N–H and O–H groups in total. The number of nitrogens with zero attached hydrogens (tertiary/aromatic N) is 2. The van der Waals surface area contributed by atoms with Crippen LogP contribution in [-0.2, 0) is 13.1 Å². The molecule has 0 fully saturated rings. The fourth-order valence-electron chi connectivity index (χ4n) is 2.29. The van der Waals surface area contributed by atoms with E-state index in [0.717, 1.165) is 28.2 Å². The van der Waals surface area contributed by atoms with Crippen LogP contribution in [0, 0.1) is 13.8 Å². The highest BCUT2D eigenvalue weighted by molar-refractivity contribution is 9.10. The Hall–Kier alpha value is -1.17. The van der Waals surface area contributed by atoms with Crippen molar-refractivity contribution in [2.45, 2.75) is 26.9 Å². The highest BCUT2D eigenvalue weighted by Gasteiger charge is 2.10. The number of aryl methyl sites for hydroxylation is 2. The van der Waals surface area contributed by atoms with Gasteiger partial charge in [-0.1, -0.05) is 28.1 Å². The highest BCUT2D eigenvalue weighted by Crippen LogP contribution is 2.20. The summed E-state index contributed by atoms with van der Waals surface area (Å²) in [5.74, 6) is 0. The van der Waals surface area contributed by atoms with Crippen LogP contribution in [0.4, 0.5) is 0 Å². The molecule has 0 radical (unpaired) electrons. The van der Waals surface area contributed by atoms with E-state index >= 15 is 0 Å². The standard InChI is InChI=1S/C15H16BrN3S/c1-10-9-19-14(11(2)18-15(19)20-10)8-17-7-12-4-3-5-13(16)6-12/h3-6,9,17H,7-8H2,1-2H3. The molecule has 2 aromatic heterocycles. The zero-order valence-electron chi connectivity index (χ0n) is 11.5. The van der Waals surface area contributed by atoms with Gasteiger partial charge in [0.05, 0.1) is 11.4 Å². The molecule has 0 atom stereocenters. The lowest BCUT2D eigenvalue weighted by Crippen LogP contribution is -2.14. The van der Waals surface area contributed by atoms with Gasteiger partial charge in [0.25, 0.3) is 0 Å². The lowest BCUT2D eigenvalue weighted by atomic mass is 10.2. The lowest BCUT2D eigenvalue weighted by molar-refractivity contribution is 0.672. The maximum atomic E-state index is 4.61. The van der Waals surface area contributed by atoms with Crippen LogP contribution in [0.25, 0.3) is 4.96 Å². The summed E-state index contributed by atoms with van der Waals surface area (Å²) in [4.78, 5) is 6.98. The summed E-state index contributed by atoms with van der Waals surface area (Å²) >= 11 is 5.24. The molecule has 0 aliphatic rings. The first-order valence-corrected chi connectivity index (χ1v) is 8.13. The van der Waals surface area contributed by atoms with Gasteiger partial charge < -0.3 is 5.32 Å². The Kier molecular flexibility index (Phi) is 3.92. The first-order chi connectivity index (χ1) is 9.63. The van der Waals surface area contributed by atoms with Gasteiger partial charge >= 0.3 is 0 Å². The first-order valence-electron chi connectivity index (χ1n) is 6.52. The Morgan fingerprint density at radius 2 is 2.15 bits per heavy atom. The second-order valence-corrected chi connectivity index (χ2v) is 7.00. The monoisotopic (exact) mass is 349 g/mol. The van der Waals surface area contributed by atoms with Gasteiger partial charge in [0.15, 0.2) is 4.96 Å². The van der Waals surface area contributed by atoms with Crippen LogP contribution in [0.1, 0.15) is 21.8 Å². The predicted octanol–water partition coefficient (Wildman–Crippen LogP) is 4.06. The van der Waals surface area contributed by atoms with Gasteiger partial charge in [0, 0.05) is 28.6 Å². The molecule has 20 heavy (non-hydrogen) atoms. The molecule has 2 heterocycles.